The standard InChI is InChI=1S/C13H15NS/c1-9-11-6-2-4-10(5-3-7-15)12(11)8-13(9)14/h2-9,13,15H,14H2,1H3/b7-3-,10-5-. The average molecular weight is 217 g/mol. The molecule has 2 unspecified atom stereocenters. The second-order valence-corrected chi connectivity index (χ2v) is 4.19. The van der Waals surface area contributed by atoms with Crippen molar-refractivity contribution in [3.05, 3.63) is 45.7 Å². The Balaban J connectivity index is 2.67. The Morgan fingerprint density at radius 2 is 2.20 bits per heavy atom. The zero-order valence-electron chi connectivity index (χ0n) is 8.72. The van der Waals surface area contributed by atoms with E-state index in [2.05, 4.69) is 49.9 Å². The van der Waals surface area contributed by atoms with Crippen molar-refractivity contribution >= 4 is 24.8 Å². The molecule has 0 fully saturated rings. The normalized spacial score (nSPS) is 25.7. The fraction of sp³-hybridized carbons (Fsp3) is 0.231. The van der Waals surface area contributed by atoms with Crippen molar-refractivity contribution in [2.75, 3.05) is 0 Å². The van der Waals surface area contributed by atoms with Crippen LogP contribution in [0.1, 0.15) is 18.4 Å². The number of hydrogen-bond acceptors (Lipinski definition) is 2. The third-order valence-electron chi connectivity index (χ3n) is 2.96. The Morgan fingerprint density at radius 3 is 2.93 bits per heavy atom. The van der Waals surface area contributed by atoms with Gasteiger partial charge in [-0.05, 0) is 21.4 Å². The van der Waals surface area contributed by atoms with Gasteiger partial charge in [0.15, 0.2) is 0 Å². The molecule has 0 heterocycles. The molecule has 0 bridgehead atoms. The Bertz CT molecular complexity index is 502. The molecule has 0 spiro atoms. The summed E-state index contributed by atoms with van der Waals surface area (Å²) >= 11 is 4.04. The fourth-order valence-electron chi connectivity index (χ4n) is 2.03. The predicted octanol–water partition coefficient (Wildman–Crippen LogP) is 1.14. The van der Waals surface area contributed by atoms with Gasteiger partial charge in [0.05, 0.1) is 0 Å². The molecule has 78 valence electrons. The third-order valence-corrected chi connectivity index (χ3v) is 3.13. The van der Waals surface area contributed by atoms with Crippen molar-refractivity contribution in [1.82, 2.24) is 0 Å². The maximum Gasteiger partial charge on any atom is 0.0300 e. The molecule has 0 aromatic heterocycles. The molecular formula is C13H15NS. The maximum atomic E-state index is 6.02. The SMILES string of the molecule is CC1c2ccc/c(=C/C=C\S)c2=CC1N. The second-order valence-electron chi connectivity index (χ2n) is 3.89. The van der Waals surface area contributed by atoms with Gasteiger partial charge in [0.1, 0.15) is 0 Å². The molecule has 2 heteroatoms. The summed E-state index contributed by atoms with van der Waals surface area (Å²) in [5.74, 6) is 0.424. The van der Waals surface area contributed by atoms with Crippen molar-refractivity contribution in [3.8, 4) is 0 Å². The first-order chi connectivity index (χ1) is 7.24. The molecular weight excluding hydrogens is 202 g/mol. The lowest BCUT2D eigenvalue weighted by molar-refractivity contribution is 0.708. The number of rotatable bonds is 1. The molecule has 2 atom stereocenters. The van der Waals surface area contributed by atoms with Crippen LogP contribution < -0.4 is 16.2 Å². The highest BCUT2D eigenvalue weighted by atomic mass is 32.1. The van der Waals surface area contributed by atoms with Gasteiger partial charge < -0.3 is 5.73 Å². The van der Waals surface area contributed by atoms with Gasteiger partial charge in [-0.25, -0.2) is 0 Å². The largest absolute Gasteiger partial charge is 0.324 e. The molecule has 0 saturated heterocycles. The summed E-state index contributed by atoms with van der Waals surface area (Å²) in [7, 11) is 0. The molecule has 1 aliphatic rings. The van der Waals surface area contributed by atoms with Gasteiger partial charge in [-0.15, -0.1) is 0 Å². The van der Waals surface area contributed by atoms with Crippen molar-refractivity contribution < 1.29 is 0 Å². The summed E-state index contributed by atoms with van der Waals surface area (Å²) in [5, 5.41) is 4.24. The molecule has 1 aromatic carbocycles. The van der Waals surface area contributed by atoms with E-state index in [4.69, 9.17) is 5.73 Å². The highest BCUT2D eigenvalue weighted by molar-refractivity contribution is 7.83. The summed E-state index contributed by atoms with van der Waals surface area (Å²) in [6, 6.07) is 6.49. The second kappa shape index (κ2) is 4.25. The van der Waals surface area contributed by atoms with Gasteiger partial charge in [-0.1, -0.05) is 43.4 Å². The van der Waals surface area contributed by atoms with Crippen molar-refractivity contribution in [2.24, 2.45) is 5.73 Å². The molecule has 0 aliphatic heterocycles. The number of allylic oxidation sites excluding steroid dienone is 1. The van der Waals surface area contributed by atoms with E-state index in [9.17, 15) is 0 Å². The molecule has 1 aromatic rings. The summed E-state index contributed by atoms with van der Waals surface area (Å²) < 4.78 is 0. The van der Waals surface area contributed by atoms with Crippen molar-refractivity contribution in [1.29, 1.82) is 0 Å². The van der Waals surface area contributed by atoms with E-state index < -0.39 is 0 Å². The first-order valence-electron chi connectivity index (χ1n) is 5.11. The molecule has 0 radical (unpaired) electrons. The minimum Gasteiger partial charge on any atom is -0.324 e. The molecule has 1 nitrogen and oxygen atoms in total. The predicted molar refractivity (Wildman–Crippen MR) is 69.1 cm³/mol. The Morgan fingerprint density at radius 1 is 1.40 bits per heavy atom. The first kappa shape index (κ1) is 10.5. The van der Waals surface area contributed by atoms with Gasteiger partial charge >= 0.3 is 0 Å². The van der Waals surface area contributed by atoms with E-state index in [0.717, 1.165) is 0 Å². The van der Waals surface area contributed by atoms with Crippen LogP contribution in [0.3, 0.4) is 0 Å². The van der Waals surface area contributed by atoms with E-state index in [1.54, 1.807) is 5.41 Å². The first-order valence-corrected chi connectivity index (χ1v) is 5.63. The van der Waals surface area contributed by atoms with Gasteiger partial charge in [-0.2, -0.15) is 12.6 Å². The summed E-state index contributed by atoms with van der Waals surface area (Å²) in [5.41, 5.74) is 7.37. The van der Waals surface area contributed by atoms with Gasteiger partial charge in [0, 0.05) is 12.0 Å². The van der Waals surface area contributed by atoms with E-state index in [1.807, 2.05) is 6.08 Å². The van der Waals surface area contributed by atoms with Crippen LogP contribution in [-0.4, -0.2) is 6.04 Å². The van der Waals surface area contributed by atoms with E-state index in [-0.39, 0.29) is 6.04 Å². The van der Waals surface area contributed by atoms with Crippen LogP contribution in [-0.2, 0) is 0 Å². The molecule has 0 saturated carbocycles. The maximum absolute atomic E-state index is 6.02. The van der Waals surface area contributed by atoms with Crippen LogP contribution in [0.5, 0.6) is 0 Å². The van der Waals surface area contributed by atoms with Crippen LogP contribution in [0.25, 0.3) is 12.2 Å². The number of fused-ring (bicyclic) bond motifs is 1. The molecule has 2 rings (SSSR count). The van der Waals surface area contributed by atoms with Crippen LogP contribution in [0, 0.1) is 0 Å². The monoisotopic (exact) mass is 217 g/mol. The van der Waals surface area contributed by atoms with Gasteiger partial charge in [0.25, 0.3) is 0 Å². The lowest BCUT2D eigenvalue weighted by atomic mass is 10.00. The van der Waals surface area contributed by atoms with Crippen molar-refractivity contribution in [2.45, 2.75) is 18.9 Å². The lowest BCUT2D eigenvalue weighted by Gasteiger charge is -2.09. The molecule has 15 heavy (non-hydrogen) atoms. The van der Waals surface area contributed by atoms with Crippen LogP contribution in [0.15, 0.2) is 29.7 Å². The van der Waals surface area contributed by atoms with Crippen LogP contribution in [0.4, 0.5) is 0 Å². The minimum atomic E-state index is 0.148. The lowest BCUT2D eigenvalue weighted by Crippen LogP contribution is -2.25. The third kappa shape index (κ3) is 1.87. The topological polar surface area (TPSA) is 26.0 Å². The number of benzene rings is 1. The fourth-order valence-corrected chi connectivity index (χ4v) is 2.11. The zero-order chi connectivity index (χ0) is 10.8. The number of nitrogens with two attached hydrogens (primary N) is 1. The van der Waals surface area contributed by atoms with Gasteiger partial charge in [-0.3, -0.25) is 0 Å². The summed E-state index contributed by atoms with van der Waals surface area (Å²) in [4.78, 5) is 0. The summed E-state index contributed by atoms with van der Waals surface area (Å²) in [6.07, 6.45) is 6.15. The average Bonchev–Trinajstić information content (AvgIpc) is 2.53. The molecule has 1 aliphatic carbocycles. The highest BCUT2D eigenvalue weighted by Gasteiger charge is 2.19. The van der Waals surface area contributed by atoms with E-state index in [1.165, 1.54) is 16.0 Å². The van der Waals surface area contributed by atoms with E-state index in [0.29, 0.717) is 5.92 Å². The Hall–Kier alpha value is -0.990. The zero-order valence-corrected chi connectivity index (χ0v) is 9.62. The van der Waals surface area contributed by atoms with Gasteiger partial charge in [0.2, 0.25) is 0 Å². The Kier molecular flexibility index (Phi) is 2.98. The van der Waals surface area contributed by atoms with E-state index >= 15 is 0 Å². The highest BCUT2D eigenvalue weighted by Crippen LogP contribution is 2.18. The Labute approximate surface area is 95.4 Å². The van der Waals surface area contributed by atoms with Crippen LogP contribution >= 0.6 is 12.6 Å². The number of thiol groups is 1. The molecule has 2 N–H and O–H groups in total. The molecule has 0 amide bonds. The van der Waals surface area contributed by atoms with Crippen molar-refractivity contribution in [3.63, 3.8) is 0 Å². The van der Waals surface area contributed by atoms with Crippen LogP contribution in [0.2, 0.25) is 0 Å². The number of hydrogen-bond donors (Lipinski definition) is 2. The minimum absolute atomic E-state index is 0.148. The smallest absolute Gasteiger partial charge is 0.0300 e. The summed E-state index contributed by atoms with van der Waals surface area (Å²) in [6.45, 7) is 2.17. The quantitative estimate of drug-likeness (QED) is 0.678.